The maximum atomic E-state index is 5.71. The highest BCUT2D eigenvalue weighted by Crippen LogP contribution is 2.28. The number of aromatic nitrogens is 1. The highest BCUT2D eigenvalue weighted by atomic mass is 32.1. The first-order chi connectivity index (χ1) is 8.70. The number of thiocarbonyl (C=S) groups is 1. The number of pyridine rings is 1. The lowest BCUT2D eigenvalue weighted by Crippen LogP contribution is -2.27. The van der Waals surface area contributed by atoms with Crippen LogP contribution in [-0.2, 0) is 0 Å². The second kappa shape index (κ2) is 6.14. The second-order valence-electron chi connectivity index (χ2n) is 5.03. The van der Waals surface area contributed by atoms with Crippen molar-refractivity contribution in [1.82, 2.24) is 4.98 Å². The molecule has 0 atom stereocenters. The minimum absolute atomic E-state index is 0.410. The summed E-state index contributed by atoms with van der Waals surface area (Å²) in [6, 6.07) is 4.30. The van der Waals surface area contributed by atoms with Gasteiger partial charge in [-0.15, -0.1) is 0 Å². The zero-order valence-corrected chi connectivity index (χ0v) is 11.7. The maximum Gasteiger partial charge on any atom is 0.136 e. The number of hydrogen-bond acceptors (Lipinski definition) is 3. The second-order valence-corrected chi connectivity index (χ2v) is 5.47. The van der Waals surface area contributed by atoms with Gasteiger partial charge >= 0.3 is 0 Å². The Balaban J connectivity index is 2.00. The van der Waals surface area contributed by atoms with Gasteiger partial charge < -0.3 is 11.1 Å². The van der Waals surface area contributed by atoms with E-state index in [9.17, 15) is 0 Å². The molecule has 1 heterocycles. The van der Waals surface area contributed by atoms with Gasteiger partial charge in [-0.1, -0.05) is 25.6 Å². The lowest BCUT2D eigenvalue weighted by molar-refractivity contribution is 0.330. The quantitative estimate of drug-likeness (QED) is 0.820. The lowest BCUT2D eigenvalue weighted by atomic mass is 9.84. The Kier molecular flexibility index (Phi) is 4.53. The summed E-state index contributed by atoms with van der Waals surface area (Å²) in [5.41, 5.74) is 6.57. The number of hydrogen-bond donors (Lipinski definition) is 2. The molecule has 3 nitrogen and oxygen atoms in total. The fraction of sp³-hybridized carbons (Fsp3) is 0.571. The molecule has 0 spiro atoms. The van der Waals surface area contributed by atoms with Crippen molar-refractivity contribution in [2.24, 2.45) is 11.7 Å². The minimum atomic E-state index is 0.410. The molecule has 0 radical (unpaired) electrons. The molecule has 18 heavy (non-hydrogen) atoms. The van der Waals surface area contributed by atoms with E-state index in [0.29, 0.717) is 11.0 Å². The Morgan fingerprint density at radius 2 is 2.17 bits per heavy atom. The lowest BCUT2D eigenvalue weighted by Gasteiger charge is -2.29. The number of nitrogens with one attached hydrogen (secondary N) is 1. The first-order valence-corrected chi connectivity index (χ1v) is 7.13. The fourth-order valence-corrected chi connectivity index (χ4v) is 2.79. The van der Waals surface area contributed by atoms with Crippen molar-refractivity contribution in [2.45, 2.75) is 45.1 Å². The van der Waals surface area contributed by atoms with Crippen molar-refractivity contribution in [3.8, 4) is 0 Å². The Hall–Kier alpha value is -1.16. The minimum Gasteiger partial charge on any atom is -0.389 e. The van der Waals surface area contributed by atoms with Gasteiger partial charge in [-0.25, -0.2) is 4.98 Å². The average molecular weight is 263 g/mol. The molecule has 0 amide bonds. The van der Waals surface area contributed by atoms with Crippen LogP contribution in [-0.4, -0.2) is 16.0 Å². The first-order valence-electron chi connectivity index (χ1n) is 6.72. The maximum absolute atomic E-state index is 5.71. The molecule has 3 N–H and O–H groups in total. The van der Waals surface area contributed by atoms with Crippen LogP contribution in [0.15, 0.2) is 18.3 Å². The van der Waals surface area contributed by atoms with E-state index < -0.39 is 0 Å². The topological polar surface area (TPSA) is 50.9 Å². The number of rotatable bonds is 4. The molecule has 1 fully saturated rings. The largest absolute Gasteiger partial charge is 0.389 e. The van der Waals surface area contributed by atoms with Gasteiger partial charge in [0.15, 0.2) is 0 Å². The van der Waals surface area contributed by atoms with E-state index in [1.165, 1.54) is 32.1 Å². The van der Waals surface area contributed by atoms with Crippen LogP contribution in [0.1, 0.15) is 44.6 Å². The zero-order chi connectivity index (χ0) is 13.0. The van der Waals surface area contributed by atoms with Crippen LogP contribution in [0.3, 0.4) is 0 Å². The number of nitrogens with zero attached hydrogens (tertiary/aromatic N) is 1. The average Bonchev–Trinajstić information content (AvgIpc) is 2.40. The molecular formula is C14H21N3S. The van der Waals surface area contributed by atoms with Gasteiger partial charge in [-0.05, 0) is 43.7 Å². The highest BCUT2D eigenvalue weighted by Gasteiger charge is 2.20. The molecule has 4 heteroatoms. The molecule has 1 aliphatic carbocycles. The molecule has 0 bridgehead atoms. The molecular weight excluding hydrogens is 242 g/mol. The summed E-state index contributed by atoms with van der Waals surface area (Å²) in [6.07, 6.45) is 8.13. The molecule has 0 saturated heterocycles. The molecule has 1 saturated carbocycles. The molecule has 0 unspecified atom stereocenters. The van der Waals surface area contributed by atoms with Crippen LogP contribution < -0.4 is 11.1 Å². The van der Waals surface area contributed by atoms with Crippen LogP contribution in [0.2, 0.25) is 0 Å². The van der Waals surface area contributed by atoms with Crippen molar-refractivity contribution in [3.05, 3.63) is 23.9 Å². The van der Waals surface area contributed by atoms with E-state index >= 15 is 0 Å². The van der Waals surface area contributed by atoms with E-state index in [2.05, 4.69) is 17.2 Å². The van der Waals surface area contributed by atoms with Crippen molar-refractivity contribution in [1.29, 1.82) is 0 Å². The molecule has 1 aliphatic rings. The van der Waals surface area contributed by atoms with E-state index in [-0.39, 0.29) is 0 Å². The van der Waals surface area contributed by atoms with Crippen molar-refractivity contribution >= 4 is 23.0 Å². The van der Waals surface area contributed by atoms with Crippen molar-refractivity contribution < 1.29 is 0 Å². The summed E-state index contributed by atoms with van der Waals surface area (Å²) in [6.45, 7) is 2.28. The van der Waals surface area contributed by atoms with Gasteiger partial charge in [-0.2, -0.15) is 0 Å². The third kappa shape index (κ3) is 3.19. The molecule has 0 aromatic carbocycles. The predicted molar refractivity (Wildman–Crippen MR) is 79.8 cm³/mol. The Morgan fingerprint density at radius 3 is 2.78 bits per heavy atom. The summed E-state index contributed by atoms with van der Waals surface area (Å²) in [4.78, 5) is 4.76. The third-order valence-corrected chi connectivity index (χ3v) is 4.06. The summed E-state index contributed by atoms with van der Waals surface area (Å²) < 4.78 is 0. The van der Waals surface area contributed by atoms with Crippen molar-refractivity contribution in [2.75, 3.05) is 5.32 Å². The van der Waals surface area contributed by atoms with Crippen LogP contribution in [0, 0.1) is 5.92 Å². The summed E-state index contributed by atoms with van der Waals surface area (Å²) in [7, 11) is 0. The number of anilines is 1. The molecule has 1 aromatic rings. The van der Waals surface area contributed by atoms with Gasteiger partial charge in [0.2, 0.25) is 0 Å². The van der Waals surface area contributed by atoms with Gasteiger partial charge in [0, 0.05) is 12.2 Å². The van der Waals surface area contributed by atoms with Crippen molar-refractivity contribution in [3.63, 3.8) is 0 Å². The molecule has 1 aromatic heterocycles. The summed E-state index contributed by atoms with van der Waals surface area (Å²) in [5.74, 6) is 1.74. The van der Waals surface area contributed by atoms with E-state index in [1.54, 1.807) is 6.20 Å². The number of nitrogens with two attached hydrogens (primary N) is 1. The SMILES string of the molecule is CCC1CCC(Nc2ncccc2C(N)=S)CC1. The Labute approximate surface area is 114 Å². The standard InChI is InChI=1S/C14H21N3S/c1-2-10-5-7-11(8-6-10)17-14-12(13(15)18)4-3-9-16-14/h3-4,9-11H,2,5-8H2,1H3,(H2,15,18)(H,16,17). The van der Waals surface area contributed by atoms with E-state index in [1.807, 2.05) is 12.1 Å². The zero-order valence-electron chi connectivity index (χ0n) is 10.9. The smallest absolute Gasteiger partial charge is 0.136 e. The van der Waals surface area contributed by atoms with Gasteiger partial charge in [0.1, 0.15) is 10.8 Å². The summed E-state index contributed by atoms with van der Waals surface area (Å²) >= 11 is 5.05. The predicted octanol–water partition coefficient (Wildman–Crippen LogP) is 3.10. The first kappa shape index (κ1) is 13.3. The molecule has 0 aliphatic heterocycles. The van der Waals surface area contributed by atoms with E-state index in [4.69, 9.17) is 18.0 Å². The third-order valence-electron chi connectivity index (χ3n) is 3.84. The highest BCUT2D eigenvalue weighted by molar-refractivity contribution is 7.80. The van der Waals surface area contributed by atoms with Crippen LogP contribution in [0.4, 0.5) is 5.82 Å². The molecule has 2 rings (SSSR count). The van der Waals surface area contributed by atoms with E-state index in [0.717, 1.165) is 17.3 Å². The van der Waals surface area contributed by atoms with Gasteiger partial charge in [0.25, 0.3) is 0 Å². The fourth-order valence-electron chi connectivity index (χ4n) is 2.63. The Bertz CT molecular complexity index is 411. The Morgan fingerprint density at radius 1 is 1.44 bits per heavy atom. The van der Waals surface area contributed by atoms with Crippen LogP contribution in [0.5, 0.6) is 0 Å². The monoisotopic (exact) mass is 263 g/mol. The van der Waals surface area contributed by atoms with Gasteiger partial charge in [0.05, 0.1) is 5.56 Å². The normalized spacial score (nSPS) is 23.6. The van der Waals surface area contributed by atoms with Gasteiger partial charge in [-0.3, -0.25) is 0 Å². The molecule has 98 valence electrons. The van der Waals surface area contributed by atoms with Crippen LogP contribution in [0.25, 0.3) is 0 Å². The van der Waals surface area contributed by atoms with Crippen LogP contribution >= 0.6 is 12.2 Å². The summed E-state index contributed by atoms with van der Waals surface area (Å²) in [5, 5.41) is 3.50.